The van der Waals surface area contributed by atoms with Crippen LogP contribution in [0.1, 0.15) is 28.8 Å². The van der Waals surface area contributed by atoms with Gasteiger partial charge in [0, 0.05) is 36.8 Å². The maximum Gasteiger partial charge on any atom is 0.254 e. The van der Waals surface area contributed by atoms with Crippen LogP contribution in [0.25, 0.3) is 0 Å². The van der Waals surface area contributed by atoms with Crippen LogP contribution in [-0.2, 0) is 4.74 Å². The average Bonchev–Trinajstić information content (AvgIpc) is 2.48. The first kappa shape index (κ1) is 15.3. The van der Waals surface area contributed by atoms with Crippen molar-refractivity contribution in [3.8, 4) is 0 Å². The molecule has 2 atom stereocenters. The number of aryl methyl sites for hydroxylation is 1. The molecule has 2 N–H and O–H groups in total. The van der Waals surface area contributed by atoms with Gasteiger partial charge in [0.15, 0.2) is 0 Å². The molecule has 0 aliphatic carbocycles. The highest BCUT2D eigenvalue weighted by Gasteiger charge is 2.31. The Morgan fingerprint density at radius 3 is 2.90 bits per heavy atom. The average molecular weight is 297 g/mol. The van der Waals surface area contributed by atoms with E-state index < -0.39 is 0 Å². The molecule has 1 heterocycles. The second-order valence-electron chi connectivity index (χ2n) is 5.23. The molecule has 0 bridgehead atoms. The Bertz CT molecular complexity index is 493. The summed E-state index contributed by atoms with van der Waals surface area (Å²) in [5.41, 5.74) is 7.39. The van der Waals surface area contributed by atoms with Crippen molar-refractivity contribution in [1.82, 2.24) is 4.90 Å². The number of halogens is 1. The van der Waals surface area contributed by atoms with Crippen LogP contribution in [0.15, 0.2) is 18.2 Å². The summed E-state index contributed by atoms with van der Waals surface area (Å²) in [4.78, 5) is 14.5. The molecule has 0 aromatic heterocycles. The molecule has 2 unspecified atom stereocenters. The van der Waals surface area contributed by atoms with Gasteiger partial charge in [-0.1, -0.05) is 11.6 Å². The van der Waals surface area contributed by atoms with E-state index in [1.165, 1.54) is 0 Å². The smallest absolute Gasteiger partial charge is 0.254 e. The molecule has 1 aromatic rings. The van der Waals surface area contributed by atoms with Crippen molar-refractivity contribution in [2.45, 2.75) is 31.9 Å². The van der Waals surface area contributed by atoms with Gasteiger partial charge in [-0.05, 0) is 43.5 Å². The van der Waals surface area contributed by atoms with E-state index in [1.54, 1.807) is 19.2 Å². The van der Waals surface area contributed by atoms with Crippen molar-refractivity contribution >= 4 is 17.5 Å². The van der Waals surface area contributed by atoms with Gasteiger partial charge in [0.2, 0.25) is 0 Å². The SMILES string of the molecule is COC1CCN(C(=O)c2ccc(Cl)c(C)c2)C(CN)C1. The molecule has 1 fully saturated rings. The summed E-state index contributed by atoms with van der Waals surface area (Å²) in [6.07, 6.45) is 1.84. The number of nitrogens with two attached hydrogens (primary N) is 1. The lowest BCUT2D eigenvalue weighted by atomic mass is 9.98. The van der Waals surface area contributed by atoms with E-state index in [2.05, 4.69) is 0 Å². The van der Waals surface area contributed by atoms with Gasteiger partial charge in [0.1, 0.15) is 0 Å². The second-order valence-corrected chi connectivity index (χ2v) is 5.64. The minimum Gasteiger partial charge on any atom is -0.381 e. The number of nitrogens with zero attached hydrogens (tertiary/aromatic N) is 1. The third kappa shape index (κ3) is 3.14. The molecule has 5 heteroatoms. The third-order valence-corrected chi connectivity index (χ3v) is 4.36. The molecule has 0 radical (unpaired) electrons. The number of piperidine rings is 1. The molecule has 110 valence electrons. The summed E-state index contributed by atoms with van der Waals surface area (Å²) in [7, 11) is 1.71. The maximum atomic E-state index is 12.6. The third-order valence-electron chi connectivity index (χ3n) is 3.94. The zero-order valence-electron chi connectivity index (χ0n) is 11.9. The Morgan fingerprint density at radius 1 is 1.55 bits per heavy atom. The minimum atomic E-state index is 0.0229. The van der Waals surface area contributed by atoms with Gasteiger partial charge in [-0.15, -0.1) is 0 Å². The number of amides is 1. The topological polar surface area (TPSA) is 55.6 Å². The summed E-state index contributed by atoms with van der Waals surface area (Å²) < 4.78 is 5.38. The Morgan fingerprint density at radius 2 is 2.30 bits per heavy atom. The molecule has 0 saturated carbocycles. The number of likely N-dealkylation sites (tertiary alicyclic amines) is 1. The lowest BCUT2D eigenvalue weighted by Gasteiger charge is -2.38. The number of benzene rings is 1. The van der Waals surface area contributed by atoms with Crippen molar-refractivity contribution in [3.05, 3.63) is 34.3 Å². The standard InChI is InChI=1S/C15H21ClN2O2/c1-10-7-11(3-4-14(10)16)15(19)18-6-5-13(20-2)8-12(18)9-17/h3-4,7,12-13H,5-6,8-9,17H2,1-2H3. The first-order chi connectivity index (χ1) is 9.56. The fourth-order valence-corrected chi connectivity index (χ4v) is 2.78. The summed E-state index contributed by atoms with van der Waals surface area (Å²) in [5.74, 6) is 0.0229. The number of methoxy groups -OCH3 is 1. The molecule has 1 saturated heterocycles. The monoisotopic (exact) mass is 296 g/mol. The molecule has 20 heavy (non-hydrogen) atoms. The highest BCUT2D eigenvalue weighted by atomic mass is 35.5. The van der Waals surface area contributed by atoms with Gasteiger partial charge in [0.25, 0.3) is 5.91 Å². The largest absolute Gasteiger partial charge is 0.381 e. The van der Waals surface area contributed by atoms with Gasteiger partial charge >= 0.3 is 0 Å². The molecule has 4 nitrogen and oxygen atoms in total. The second kappa shape index (κ2) is 6.57. The number of ether oxygens (including phenoxy) is 1. The summed E-state index contributed by atoms with van der Waals surface area (Å²) in [5, 5.41) is 0.676. The summed E-state index contributed by atoms with van der Waals surface area (Å²) in [6, 6.07) is 5.41. The van der Waals surface area contributed by atoms with Crippen molar-refractivity contribution in [3.63, 3.8) is 0 Å². The molecule has 2 rings (SSSR count). The zero-order valence-corrected chi connectivity index (χ0v) is 12.7. The summed E-state index contributed by atoms with van der Waals surface area (Å²) >= 11 is 6.00. The van der Waals surface area contributed by atoms with Crippen LogP contribution in [0.2, 0.25) is 5.02 Å². The lowest BCUT2D eigenvalue weighted by molar-refractivity contribution is 0.0139. The number of hydrogen-bond donors (Lipinski definition) is 1. The number of carbonyl (C=O) groups excluding carboxylic acids is 1. The Kier molecular flexibility index (Phi) is 5.02. The van der Waals surface area contributed by atoms with E-state index in [4.69, 9.17) is 22.1 Å². The maximum absolute atomic E-state index is 12.6. The number of hydrogen-bond acceptors (Lipinski definition) is 3. The Hall–Kier alpha value is -1.10. The van der Waals surface area contributed by atoms with Gasteiger partial charge in [0.05, 0.1) is 6.10 Å². The van der Waals surface area contributed by atoms with E-state index in [1.807, 2.05) is 17.9 Å². The molecule has 1 aliphatic heterocycles. The molecular formula is C15H21ClN2O2. The van der Waals surface area contributed by atoms with Gasteiger partial charge < -0.3 is 15.4 Å². The highest BCUT2D eigenvalue weighted by Crippen LogP contribution is 2.23. The molecule has 0 spiro atoms. The van der Waals surface area contributed by atoms with Crippen LogP contribution in [0.4, 0.5) is 0 Å². The number of carbonyl (C=O) groups is 1. The van der Waals surface area contributed by atoms with E-state index in [0.717, 1.165) is 18.4 Å². The normalized spacial score (nSPS) is 22.9. The van der Waals surface area contributed by atoms with E-state index in [9.17, 15) is 4.79 Å². The number of rotatable bonds is 3. The van der Waals surface area contributed by atoms with Crippen LogP contribution in [0.5, 0.6) is 0 Å². The van der Waals surface area contributed by atoms with Crippen LogP contribution in [-0.4, -0.2) is 43.2 Å². The fourth-order valence-electron chi connectivity index (χ4n) is 2.66. The Labute approximate surface area is 124 Å². The van der Waals surface area contributed by atoms with Gasteiger partial charge in [-0.3, -0.25) is 4.79 Å². The van der Waals surface area contributed by atoms with Crippen molar-refractivity contribution in [2.24, 2.45) is 5.73 Å². The molecule has 1 amide bonds. The van der Waals surface area contributed by atoms with Crippen LogP contribution in [0, 0.1) is 6.92 Å². The van der Waals surface area contributed by atoms with Crippen LogP contribution < -0.4 is 5.73 Å². The van der Waals surface area contributed by atoms with Gasteiger partial charge in [-0.25, -0.2) is 0 Å². The van der Waals surface area contributed by atoms with Crippen molar-refractivity contribution in [2.75, 3.05) is 20.2 Å². The van der Waals surface area contributed by atoms with Gasteiger partial charge in [-0.2, -0.15) is 0 Å². The van der Waals surface area contributed by atoms with Crippen LogP contribution >= 0.6 is 11.6 Å². The van der Waals surface area contributed by atoms with E-state index >= 15 is 0 Å². The first-order valence-electron chi connectivity index (χ1n) is 6.86. The predicted octanol–water partition coefficient (Wildman–Crippen LogP) is 2.23. The van der Waals surface area contributed by atoms with Crippen molar-refractivity contribution < 1.29 is 9.53 Å². The first-order valence-corrected chi connectivity index (χ1v) is 7.24. The molecular weight excluding hydrogens is 276 g/mol. The highest BCUT2D eigenvalue weighted by molar-refractivity contribution is 6.31. The molecule has 1 aliphatic rings. The lowest BCUT2D eigenvalue weighted by Crippen LogP contribution is -2.51. The minimum absolute atomic E-state index is 0.0229. The zero-order chi connectivity index (χ0) is 14.7. The predicted molar refractivity (Wildman–Crippen MR) is 80.1 cm³/mol. The van der Waals surface area contributed by atoms with E-state index in [0.29, 0.717) is 23.7 Å². The van der Waals surface area contributed by atoms with Crippen LogP contribution in [0.3, 0.4) is 0 Å². The molecule has 1 aromatic carbocycles. The Balaban J connectivity index is 2.17. The van der Waals surface area contributed by atoms with Crippen molar-refractivity contribution in [1.29, 1.82) is 0 Å². The summed E-state index contributed by atoms with van der Waals surface area (Å²) in [6.45, 7) is 3.04. The fraction of sp³-hybridized carbons (Fsp3) is 0.533. The van der Waals surface area contributed by atoms with E-state index in [-0.39, 0.29) is 18.1 Å². The quantitative estimate of drug-likeness (QED) is 0.930.